The predicted octanol–water partition coefficient (Wildman–Crippen LogP) is 1.33. The van der Waals surface area contributed by atoms with Crippen molar-refractivity contribution in [1.82, 2.24) is 4.90 Å². The van der Waals surface area contributed by atoms with Crippen LogP contribution in [0.25, 0.3) is 0 Å². The summed E-state index contributed by atoms with van der Waals surface area (Å²) >= 11 is 0. The molecule has 2 aromatic rings. The van der Waals surface area contributed by atoms with Gasteiger partial charge in [0.2, 0.25) is 5.78 Å². The van der Waals surface area contributed by atoms with Crippen molar-refractivity contribution in [3.05, 3.63) is 59.4 Å². The van der Waals surface area contributed by atoms with E-state index in [4.69, 9.17) is 4.74 Å². The number of benzene rings is 1. The van der Waals surface area contributed by atoms with Crippen molar-refractivity contribution >= 4 is 17.5 Å². The van der Waals surface area contributed by atoms with Crippen molar-refractivity contribution in [2.24, 2.45) is 11.8 Å². The van der Waals surface area contributed by atoms with E-state index in [1.165, 1.54) is 4.90 Å². The number of aromatic nitrogens is 1. The topological polar surface area (TPSA) is 82.3 Å². The number of aromatic amines is 1. The Balaban J connectivity index is 1.93. The molecule has 7 nitrogen and oxygen atoms in total. The summed E-state index contributed by atoms with van der Waals surface area (Å²) < 4.78 is 5.77. The number of nitrogens with one attached hydrogen (secondary N) is 2. The zero-order valence-corrected chi connectivity index (χ0v) is 20.2. The van der Waals surface area contributed by atoms with Crippen LogP contribution >= 0.6 is 0 Å². The summed E-state index contributed by atoms with van der Waals surface area (Å²) in [4.78, 5) is 45.6. The molecule has 1 aromatic carbocycles. The molecule has 2 N–H and O–H groups in total. The van der Waals surface area contributed by atoms with Crippen LogP contribution in [0.2, 0.25) is 0 Å². The lowest BCUT2D eigenvalue weighted by atomic mass is 9.85. The van der Waals surface area contributed by atoms with Gasteiger partial charge in [-0.05, 0) is 42.2 Å². The van der Waals surface area contributed by atoms with Gasteiger partial charge in [-0.25, -0.2) is 4.98 Å². The number of ketones is 2. The van der Waals surface area contributed by atoms with E-state index in [-0.39, 0.29) is 5.78 Å². The maximum atomic E-state index is 13.7. The number of amides is 1. The fourth-order valence-corrected chi connectivity index (χ4v) is 4.23. The molecule has 7 heteroatoms. The number of Topliss-reactive ketones (excluding diaryl/α,β-unsaturated/α-hetero) is 2. The Morgan fingerprint density at radius 2 is 1.85 bits per heavy atom. The molecule has 0 radical (unpaired) electrons. The van der Waals surface area contributed by atoms with Crippen LogP contribution in [0.5, 0.6) is 5.75 Å². The third-order valence-corrected chi connectivity index (χ3v) is 5.90. The second kappa shape index (κ2) is 10.7. The first kappa shape index (κ1) is 24.6. The maximum Gasteiger partial charge on any atom is 0.291 e. The minimum Gasteiger partial charge on any atom is -0.493 e. The molecule has 1 aliphatic heterocycles. The number of nitrogens with zero attached hydrogens (tertiary/aromatic N) is 1. The van der Waals surface area contributed by atoms with Gasteiger partial charge in [-0.15, -0.1) is 0 Å². The van der Waals surface area contributed by atoms with Gasteiger partial charge in [0, 0.05) is 30.7 Å². The van der Waals surface area contributed by atoms with E-state index >= 15 is 0 Å². The van der Waals surface area contributed by atoms with E-state index in [2.05, 4.69) is 18.8 Å². The molecule has 0 saturated carbocycles. The molecule has 1 saturated heterocycles. The van der Waals surface area contributed by atoms with Gasteiger partial charge in [-0.2, -0.15) is 0 Å². The van der Waals surface area contributed by atoms with Crippen LogP contribution < -0.4 is 14.6 Å². The monoisotopic (exact) mass is 453 g/mol. The number of hydrogen-bond acceptors (Lipinski definition) is 4. The van der Waals surface area contributed by atoms with Crippen molar-refractivity contribution in [2.45, 2.75) is 33.2 Å². The Labute approximate surface area is 195 Å². The summed E-state index contributed by atoms with van der Waals surface area (Å²) in [5.41, 5.74) is 1.96. The summed E-state index contributed by atoms with van der Waals surface area (Å²) in [5.74, 6) is -1.51. The molecule has 176 valence electrons. The highest BCUT2D eigenvalue weighted by Gasteiger charge is 2.51. The Morgan fingerprint density at radius 1 is 1.15 bits per heavy atom. The molecule has 1 aliphatic rings. The minimum absolute atomic E-state index is 0.320. The number of hydrogen-bond donors (Lipinski definition) is 1. The molecule has 1 fully saturated rings. The van der Waals surface area contributed by atoms with Crippen LogP contribution in [-0.4, -0.2) is 56.2 Å². The first-order valence-corrected chi connectivity index (χ1v) is 11.6. The first-order valence-electron chi connectivity index (χ1n) is 11.6. The van der Waals surface area contributed by atoms with Gasteiger partial charge in [0.05, 0.1) is 33.3 Å². The molecule has 0 spiro atoms. The zero-order chi connectivity index (χ0) is 24.1. The van der Waals surface area contributed by atoms with Crippen LogP contribution in [0.3, 0.4) is 0 Å². The van der Waals surface area contributed by atoms with Crippen LogP contribution in [0.1, 0.15) is 47.8 Å². The van der Waals surface area contributed by atoms with Crippen molar-refractivity contribution in [3.8, 4) is 5.75 Å². The van der Waals surface area contributed by atoms with Gasteiger partial charge in [0.1, 0.15) is 11.7 Å². The summed E-state index contributed by atoms with van der Waals surface area (Å²) in [6.07, 6.45) is 4.25. The highest BCUT2D eigenvalue weighted by atomic mass is 16.5. The summed E-state index contributed by atoms with van der Waals surface area (Å²) in [5, 5.41) is 0. The quantitative estimate of drug-likeness (QED) is 0.334. The lowest BCUT2D eigenvalue weighted by Crippen LogP contribution is -3.05. The number of carbonyl (C=O) groups excluding carboxylic acids is 3. The molecule has 0 bridgehead atoms. The normalized spacial score (nSPS) is 18.5. The van der Waals surface area contributed by atoms with Crippen LogP contribution in [-0.2, 0) is 9.59 Å². The molecule has 2 unspecified atom stereocenters. The van der Waals surface area contributed by atoms with Crippen LogP contribution in [0.15, 0.2) is 42.7 Å². The van der Waals surface area contributed by atoms with E-state index in [1.54, 1.807) is 29.4 Å². The molecular formula is C26H35N3O4+2. The SMILES string of the molecule is Cc1cc(OCC(C)C)ccc1C(=O)C1C(=O)C(=O)N(CCC[NH+](C)C)C1c1cc[nH+]cc1. The Morgan fingerprint density at radius 3 is 2.45 bits per heavy atom. The maximum absolute atomic E-state index is 13.7. The van der Waals surface area contributed by atoms with Gasteiger partial charge < -0.3 is 14.5 Å². The van der Waals surface area contributed by atoms with Gasteiger partial charge in [0.15, 0.2) is 18.2 Å². The van der Waals surface area contributed by atoms with E-state index in [0.29, 0.717) is 30.4 Å². The standard InChI is InChI=1S/C26H33N3O4/c1-17(2)16-33-20-7-8-21(18(3)15-20)24(30)22-23(19-9-11-27-12-10-19)29(26(32)25(22)31)14-6-13-28(4)5/h7-12,15,17,22-23H,6,13-14,16H2,1-5H3/p+2. The molecule has 2 atom stereocenters. The summed E-state index contributed by atoms with van der Waals surface area (Å²) in [6, 6.07) is 8.34. The van der Waals surface area contributed by atoms with Crippen LogP contribution in [0.4, 0.5) is 0 Å². The molecule has 1 amide bonds. The fraction of sp³-hybridized carbons (Fsp3) is 0.462. The van der Waals surface area contributed by atoms with Gasteiger partial charge >= 0.3 is 0 Å². The third kappa shape index (κ3) is 5.66. The summed E-state index contributed by atoms with van der Waals surface area (Å²) in [7, 11) is 4.09. The van der Waals surface area contributed by atoms with Crippen molar-refractivity contribution < 1.29 is 29.0 Å². The second-order valence-electron chi connectivity index (χ2n) is 9.48. The lowest BCUT2D eigenvalue weighted by Gasteiger charge is -2.27. The van der Waals surface area contributed by atoms with E-state index in [1.807, 2.05) is 39.2 Å². The Hall–Kier alpha value is -3.06. The van der Waals surface area contributed by atoms with Crippen LogP contribution in [0, 0.1) is 18.8 Å². The highest BCUT2D eigenvalue weighted by Crippen LogP contribution is 2.38. The number of H-pyrrole nitrogens is 1. The number of pyridine rings is 1. The van der Waals surface area contributed by atoms with E-state index in [9.17, 15) is 14.4 Å². The molecule has 1 aromatic heterocycles. The van der Waals surface area contributed by atoms with Gasteiger partial charge in [-0.1, -0.05) is 13.8 Å². The average molecular weight is 454 g/mol. The molecule has 3 rings (SSSR count). The number of quaternary nitrogens is 1. The number of carbonyl (C=O) groups is 3. The number of rotatable bonds is 10. The number of ether oxygens (including phenoxy) is 1. The molecular weight excluding hydrogens is 418 g/mol. The lowest BCUT2D eigenvalue weighted by molar-refractivity contribution is -0.858. The van der Waals surface area contributed by atoms with E-state index in [0.717, 1.165) is 24.1 Å². The fourth-order valence-electron chi connectivity index (χ4n) is 4.23. The largest absolute Gasteiger partial charge is 0.493 e. The number of likely N-dealkylation sites (tertiary alicyclic amines) is 1. The summed E-state index contributed by atoms with van der Waals surface area (Å²) in [6.45, 7) is 7.85. The Kier molecular flexibility index (Phi) is 7.97. The molecule has 0 aliphatic carbocycles. The molecule has 33 heavy (non-hydrogen) atoms. The van der Waals surface area contributed by atoms with Gasteiger partial charge in [0.25, 0.3) is 5.91 Å². The predicted molar refractivity (Wildman–Crippen MR) is 124 cm³/mol. The Bertz CT molecular complexity index is 1000. The van der Waals surface area contributed by atoms with Crippen molar-refractivity contribution in [3.63, 3.8) is 0 Å². The molecule has 2 heterocycles. The number of aryl methyl sites for hydroxylation is 1. The highest BCUT2D eigenvalue weighted by molar-refractivity contribution is 6.44. The zero-order valence-electron chi connectivity index (χ0n) is 20.2. The minimum atomic E-state index is -1.06. The third-order valence-electron chi connectivity index (χ3n) is 5.90. The second-order valence-corrected chi connectivity index (χ2v) is 9.48. The van der Waals surface area contributed by atoms with Crippen molar-refractivity contribution in [1.29, 1.82) is 0 Å². The van der Waals surface area contributed by atoms with Crippen molar-refractivity contribution in [2.75, 3.05) is 33.8 Å². The first-order chi connectivity index (χ1) is 15.7. The van der Waals surface area contributed by atoms with E-state index < -0.39 is 23.7 Å². The van der Waals surface area contributed by atoms with Gasteiger partial charge in [-0.3, -0.25) is 14.4 Å². The smallest absolute Gasteiger partial charge is 0.291 e. The average Bonchev–Trinajstić information content (AvgIpc) is 3.02.